The highest BCUT2D eigenvalue weighted by Gasteiger charge is 2.43. The molecule has 1 aromatic carbocycles. The van der Waals surface area contributed by atoms with Crippen LogP contribution in [0.1, 0.15) is 55.2 Å². The van der Waals surface area contributed by atoms with E-state index in [2.05, 4.69) is 15.5 Å². The fourth-order valence-corrected chi connectivity index (χ4v) is 4.78. The highest BCUT2D eigenvalue weighted by atomic mass is 35.5. The SMILES string of the molecule is Cc1cc([C@@H](C)C(=O)N2C[C@H](O)C[C@H]2C(=O)NC(C)(CCc2cccnc2)c2ccc(Cl)cc2)on1. The molecule has 0 spiro atoms. The molecule has 2 amide bonds. The molecule has 1 aliphatic heterocycles. The number of hydrogen-bond donors (Lipinski definition) is 2. The second kappa shape index (κ2) is 10.8. The first-order chi connectivity index (χ1) is 17.2. The van der Waals surface area contributed by atoms with Crippen molar-refractivity contribution in [1.82, 2.24) is 20.4 Å². The third-order valence-electron chi connectivity index (χ3n) is 6.83. The quantitative estimate of drug-likeness (QED) is 0.477. The Morgan fingerprint density at radius 1 is 1.31 bits per heavy atom. The number of likely N-dealkylation sites (tertiary alicyclic amines) is 1. The molecule has 1 aliphatic rings. The molecule has 4 atom stereocenters. The number of hydrogen-bond acceptors (Lipinski definition) is 6. The number of pyridine rings is 1. The van der Waals surface area contributed by atoms with Crippen LogP contribution in [0.2, 0.25) is 5.02 Å². The summed E-state index contributed by atoms with van der Waals surface area (Å²) in [6.07, 6.45) is 4.20. The molecule has 2 N–H and O–H groups in total. The molecular weight excluding hydrogens is 480 g/mol. The van der Waals surface area contributed by atoms with E-state index in [0.717, 1.165) is 11.1 Å². The molecule has 3 aromatic rings. The predicted octanol–water partition coefficient (Wildman–Crippen LogP) is 3.76. The first kappa shape index (κ1) is 25.9. The van der Waals surface area contributed by atoms with Gasteiger partial charge in [0.25, 0.3) is 0 Å². The number of benzene rings is 1. The van der Waals surface area contributed by atoms with Gasteiger partial charge in [0.2, 0.25) is 11.8 Å². The van der Waals surface area contributed by atoms with E-state index in [1.807, 2.05) is 37.4 Å². The Labute approximate surface area is 215 Å². The van der Waals surface area contributed by atoms with Crippen LogP contribution in [0.25, 0.3) is 0 Å². The number of carbonyl (C=O) groups is 2. The van der Waals surface area contributed by atoms with Crippen molar-refractivity contribution in [3.63, 3.8) is 0 Å². The highest BCUT2D eigenvalue weighted by molar-refractivity contribution is 6.30. The van der Waals surface area contributed by atoms with E-state index in [1.165, 1.54) is 4.90 Å². The minimum atomic E-state index is -0.802. The maximum Gasteiger partial charge on any atom is 0.243 e. The minimum Gasteiger partial charge on any atom is -0.391 e. The van der Waals surface area contributed by atoms with Gasteiger partial charge >= 0.3 is 0 Å². The third-order valence-corrected chi connectivity index (χ3v) is 7.08. The molecule has 4 rings (SSSR count). The van der Waals surface area contributed by atoms with Gasteiger partial charge in [0.1, 0.15) is 11.8 Å². The monoisotopic (exact) mass is 510 g/mol. The Bertz CT molecular complexity index is 1200. The van der Waals surface area contributed by atoms with E-state index >= 15 is 0 Å². The molecule has 0 saturated carbocycles. The summed E-state index contributed by atoms with van der Waals surface area (Å²) in [6.45, 7) is 5.54. The van der Waals surface area contributed by atoms with Crippen molar-refractivity contribution >= 4 is 23.4 Å². The lowest BCUT2D eigenvalue weighted by atomic mass is 9.85. The zero-order chi connectivity index (χ0) is 25.9. The first-order valence-corrected chi connectivity index (χ1v) is 12.4. The summed E-state index contributed by atoms with van der Waals surface area (Å²) in [6, 6.07) is 12.2. The number of aliphatic hydroxyl groups is 1. The van der Waals surface area contributed by atoms with Gasteiger partial charge in [-0.1, -0.05) is 35.0 Å². The number of nitrogens with zero attached hydrogens (tertiary/aromatic N) is 3. The van der Waals surface area contributed by atoms with Crippen LogP contribution < -0.4 is 5.32 Å². The molecule has 0 aliphatic carbocycles. The van der Waals surface area contributed by atoms with Gasteiger partial charge in [-0.3, -0.25) is 14.6 Å². The Morgan fingerprint density at radius 3 is 2.69 bits per heavy atom. The van der Waals surface area contributed by atoms with Crippen LogP contribution in [0, 0.1) is 6.92 Å². The lowest BCUT2D eigenvalue weighted by Crippen LogP contribution is -2.53. The van der Waals surface area contributed by atoms with Gasteiger partial charge in [0.15, 0.2) is 0 Å². The van der Waals surface area contributed by atoms with E-state index in [4.69, 9.17) is 16.1 Å². The van der Waals surface area contributed by atoms with Crippen LogP contribution in [0.15, 0.2) is 59.4 Å². The van der Waals surface area contributed by atoms with Gasteiger partial charge in [-0.2, -0.15) is 0 Å². The molecule has 0 radical (unpaired) electrons. The van der Waals surface area contributed by atoms with Crippen LogP contribution in [0.4, 0.5) is 0 Å². The molecule has 1 unspecified atom stereocenters. The van der Waals surface area contributed by atoms with Crippen molar-refractivity contribution < 1.29 is 19.2 Å². The van der Waals surface area contributed by atoms with Crippen molar-refractivity contribution in [2.45, 2.75) is 63.6 Å². The smallest absolute Gasteiger partial charge is 0.243 e. The van der Waals surface area contributed by atoms with Crippen molar-refractivity contribution in [3.05, 3.63) is 82.5 Å². The number of aromatic nitrogens is 2. The average molecular weight is 511 g/mol. The molecule has 3 heterocycles. The number of rotatable bonds is 8. The van der Waals surface area contributed by atoms with E-state index in [-0.39, 0.29) is 24.8 Å². The van der Waals surface area contributed by atoms with Crippen molar-refractivity contribution in [2.24, 2.45) is 0 Å². The van der Waals surface area contributed by atoms with Crippen LogP contribution in [-0.2, 0) is 21.5 Å². The lowest BCUT2D eigenvalue weighted by Gasteiger charge is -2.35. The number of aryl methyl sites for hydroxylation is 2. The fourth-order valence-electron chi connectivity index (χ4n) is 4.66. The minimum absolute atomic E-state index is 0.0850. The second-order valence-corrected chi connectivity index (χ2v) is 10.1. The van der Waals surface area contributed by atoms with Crippen LogP contribution in [0.5, 0.6) is 0 Å². The summed E-state index contributed by atoms with van der Waals surface area (Å²) in [7, 11) is 0. The van der Waals surface area contributed by atoms with Crippen molar-refractivity contribution in [1.29, 1.82) is 0 Å². The summed E-state index contributed by atoms with van der Waals surface area (Å²) < 4.78 is 5.27. The summed E-state index contributed by atoms with van der Waals surface area (Å²) in [4.78, 5) is 32.6. The summed E-state index contributed by atoms with van der Waals surface area (Å²) in [5, 5.41) is 18.0. The molecule has 1 fully saturated rings. The number of nitrogens with one attached hydrogen (secondary N) is 1. The molecule has 36 heavy (non-hydrogen) atoms. The summed E-state index contributed by atoms with van der Waals surface area (Å²) in [5.74, 6) is -0.795. The Hall–Kier alpha value is -3.23. The van der Waals surface area contributed by atoms with Gasteiger partial charge in [0, 0.05) is 36.4 Å². The Morgan fingerprint density at radius 2 is 2.06 bits per heavy atom. The molecule has 190 valence electrons. The maximum absolute atomic E-state index is 13.6. The third kappa shape index (κ3) is 5.77. The van der Waals surface area contributed by atoms with Crippen molar-refractivity contribution in [2.75, 3.05) is 6.54 Å². The first-order valence-electron chi connectivity index (χ1n) is 12.0. The van der Waals surface area contributed by atoms with Gasteiger partial charge in [-0.05, 0) is 62.9 Å². The molecule has 9 heteroatoms. The normalized spacial score (nSPS) is 20.1. The Kier molecular flexibility index (Phi) is 7.76. The Balaban J connectivity index is 1.55. The van der Waals surface area contributed by atoms with E-state index in [9.17, 15) is 14.7 Å². The molecule has 0 bridgehead atoms. The highest BCUT2D eigenvalue weighted by Crippen LogP contribution is 2.30. The number of carbonyl (C=O) groups excluding carboxylic acids is 2. The lowest BCUT2D eigenvalue weighted by molar-refractivity contribution is -0.140. The standard InChI is InChI=1S/C27H31ClN4O4/c1-17-13-24(36-31-17)18(2)26(35)32-16-22(33)14-23(32)25(34)30-27(3,20-6-8-21(28)9-7-20)11-10-19-5-4-12-29-15-19/h4-9,12-13,15,18,22-23,33H,10-11,14,16H2,1-3H3,(H,30,34)/t18-,22-,23+,27?/m1/s1. The van der Waals surface area contributed by atoms with Crippen molar-refractivity contribution in [3.8, 4) is 0 Å². The summed E-state index contributed by atoms with van der Waals surface area (Å²) >= 11 is 6.12. The number of β-amino-alcohol motifs (C(OH)–C–C–N with tert-alkyl or cyclic N) is 1. The van der Waals surface area contributed by atoms with E-state index < -0.39 is 23.6 Å². The van der Waals surface area contributed by atoms with Crippen LogP contribution >= 0.6 is 11.6 Å². The summed E-state index contributed by atoms with van der Waals surface area (Å²) in [5.41, 5.74) is 1.88. The van der Waals surface area contributed by atoms with Gasteiger partial charge in [0.05, 0.1) is 23.3 Å². The zero-order valence-corrected chi connectivity index (χ0v) is 21.4. The second-order valence-electron chi connectivity index (χ2n) is 9.68. The molecular formula is C27H31ClN4O4. The largest absolute Gasteiger partial charge is 0.391 e. The fraction of sp³-hybridized carbons (Fsp3) is 0.407. The topological polar surface area (TPSA) is 109 Å². The number of halogens is 1. The van der Waals surface area contributed by atoms with Gasteiger partial charge in [-0.15, -0.1) is 0 Å². The average Bonchev–Trinajstić information content (AvgIpc) is 3.48. The van der Waals surface area contributed by atoms with E-state index in [1.54, 1.807) is 38.2 Å². The molecule has 8 nitrogen and oxygen atoms in total. The van der Waals surface area contributed by atoms with Gasteiger partial charge < -0.3 is 19.8 Å². The molecule has 1 saturated heterocycles. The van der Waals surface area contributed by atoms with Crippen LogP contribution in [0.3, 0.4) is 0 Å². The van der Waals surface area contributed by atoms with Crippen LogP contribution in [-0.4, -0.2) is 50.7 Å². The number of amides is 2. The van der Waals surface area contributed by atoms with E-state index in [0.29, 0.717) is 29.3 Å². The predicted molar refractivity (Wildman–Crippen MR) is 135 cm³/mol. The van der Waals surface area contributed by atoms with Gasteiger partial charge in [-0.25, -0.2) is 0 Å². The molecule has 2 aromatic heterocycles. The number of aliphatic hydroxyl groups excluding tert-OH is 1. The zero-order valence-electron chi connectivity index (χ0n) is 20.6. The maximum atomic E-state index is 13.6.